The Bertz CT molecular complexity index is 823. The summed E-state index contributed by atoms with van der Waals surface area (Å²) in [4.78, 5) is 38.8. The molecular weight excluding hydrogens is 312 g/mol. The van der Waals surface area contributed by atoms with Crippen LogP contribution in [0.2, 0.25) is 0 Å². The number of Topliss-reactive ketones (excluding diaryl/α,β-unsaturated/α-hetero) is 1. The van der Waals surface area contributed by atoms with Gasteiger partial charge in [-0.05, 0) is 39.0 Å². The highest BCUT2D eigenvalue weighted by molar-refractivity contribution is 7.12. The van der Waals surface area contributed by atoms with E-state index < -0.39 is 5.54 Å². The van der Waals surface area contributed by atoms with Crippen LogP contribution in [0.4, 0.5) is 11.4 Å². The molecule has 118 valence electrons. The number of benzene rings is 1. The molecule has 0 atom stereocenters. The number of nitrogens with zero attached hydrogens (tertiary/aromatic N) is 1. The van der Waals surface area contributed by atoms with Crippen molar-refractivity contribution >= 4 is 40.3 Å². The van der Waals surface area contributed by atoms with Crippen molar-refractivity contribution in [1.82, 2.24) is 0 Å². The molecule has 1 aliphatic heterocycles. The van der Waals surface area contributed by atoms with Crippen molar-refractivity contribution in [3.8, 4) is 0 Å². The number of carbonyl (C=O) groups is 3. The maximum atomic E-state index is 13.0. The summed E-state index contributed by atoms with van der Waals surface area (Å²) < 4.78 is 0. The summed E-state index contributed by atoms with van der Waals surface area (Å²) in [5.74, 6) is -0.612. The van der Waals surface area contributed by atoms with Gasteiger partial charge in [0.1, 0.15) is 5.54 Å². The van der Waals surface area contributed by atoms with Gasteiger partial charge >= 0.3 is 0 Å². The third kappa shape index (κ3) is 2.45. The fourth-order valence-corrected chi connectivity index (χ4v) is 3.43. The largest absolute Gasteiger partial charge is 0.322 e. The second-order valence-corrected chi connectivity index (χ2v) is 6.84. The van der Waals surface area contributed by atoms with Gasteiger partial charge in [0, 0.05) is 10.9 Å². The van der Waals surface area contributed by atoms with Crippen molar-refractivity contribution in [2.24, 2.45) is 0 Å². The van der Waals surface area contributed by atoms with E-state index in [0.29, 0.717) is 21.8 Å². The number of anilines is 2. The SMILES string of the molecule is CC(=O)c1csc(C(=O)N2c3ccccc3NC(=O)C2(C)C)c1. The lowest BCUT2D eigenvalue weighted by Gasteiger charge is -2.41. The van der Waals surface area contributed by atoms with Crippen LogP contribution in [-0.2, 0) is 4.79 Å². The van der Waals surface area contributed by atoms with Crippen molar-refractivity contribution < 1.29 is 14.4 Å². The molecule has 0 aliphatic carbocycles. The van der Waals surface area contributed by atoms with Crippen molar-refractivity contribution in [2.45, 2.75) is 26.3 Å². The van der Waals surface area contributed by atoms with Crippen LogP contribution in [-0.4, -0.2) is 23.1 Å². The van der Waals surface area contributed by atoms with Crippen molar-refractivity contribution in [3.05, 3.63) is 46.2 Å². The van der Waals surface area contributed by atoms with Gasteiger partial charge in [0.2, 0.25) is 5.91 Å². The molecule has 1 aliphatic rings. The molecule has 2 aromatic rings. The van der Waals surface area contributed by atoms with Gasteiger partial charge in [-0.25, -0.2) is 0 Å². The quantitative estimate of drug-likeness (QED) is 0.860. The van der Waals surface area contributed by atoms with E-state index in [-0.39, 0.29) is 17.6 Å². The van der Waals surface area contributed by atoms with Crippen LogP contribution in [0.3, 0.4) is 0 Å². The van der Waals surface area contributed by atoms with E-state index in [1.165, 1.54) is 23.2 Å². The maximum absolute atomic E-state index is 13.0. The van der Waals surface area contributed by atoms with E-state index >= 15 is 0 Å². The molecule has 2 heterocycles. The number of ketones is 1. The molecule has 0 spiro atoms. The van der Waals surface area contributed by atoms with Gasteiger partial charge in [-0.2, -0.15) is 0 Å². The highest BCUT2D eigenvalue weighted by Crippen LogP contribution is 2.38. The summed E-state index contributed by atoms with van der Waals surface area (Å²) >= 11 is 1.21. The lowest BCUT2D eigenvalue weighted by atomic mass is 9.96. The fourth-order valence-electron chi connectivity index (χ4n) is 2.56. The molecule has 1 N–H and O–H groups in total. The first kappa shape index (κ1) is 15.4. The van der Waals surface area contributed by atoms with Crippen LogP contribution in [0.1, 0.15) is 40.8 Å². The van der Waals surface area contributed by atoms with Crippen LogP contribution < -0.4 is 10.2 Å². The van der Waals surface area contributed by atoms with Gasteiger partial charge in [-0.1, -0.05) is 12.1 Å². The van der Waals surface area contributed by atoms with E-state index in [1.54, 1.807) is 43.5 Å². The number of amides is 2. The van der Waals surface area contributed by atoms with E-state index in [0.717, 1.165) is 0 Å². The molecule has 0 saturated heterocycles. The molecule has 2 amide bonds. The monoisotopic (exact) mass is 328 g/mol. The number of para-hydroxylation sites is 2. The normalized spacial score (nSPS) is 15.8. The Hall–Kier alpha value is -2.47. The first-order valence-electron chi connectivity index (χ1n) is 7.17. The number of nitrogens with one attached hydrogen (secondary N) is 1. The number of fused-ring (bicyclic) bond motifs is 1. The molecule has 0 bridgehead atoms. The van der Waals surface area contributed by atoms with E-state index in [2.05, 4.69) is 5.32 Å². The Labute approximate surface area is 137 Å². The standard InChI is InChI=1S/C17H16N2O3S/c1-10(20)11-8-14(23-9-11)15(21)19-13-7-5-4-6-12(13)18-16(22)17(19,2)3/h4-9H,1-3H3,(H,18,22). The van der Waals surface area contributed by atoms with E-state index in [9.17, 15) is 14.4 Å². The molecule has 1 aromatic carbocycles. The van der Waals surface area contributed by atoms with Crippen LogP contribution >= 0.6 is 11.3 Å². The maximum Gasteiger partial charge on any atom is 0.269 e. The summed E-state index contributed by atoms with van der Waals surface area (Å²) in [7, 11) is 0. The minimum Gasteiger partial charge on any atom is -0.322 e. The van der Waals surface area contributed by atoms with Crippen molar-refractivity contribution in [3.63, 3.8) is 0 Å². The highest BCUT2D eigenvalue weighted by Gasteiger charge is 2.44. The summed E-state index contributed by atoms with van der Waals surface area (Å²) in [6, 6.07) is 8.77. The average molecular weight is 328 g/mol. The first-order valence-corrected chi connectivity index (χ1v) is 8.05. The van der Waals surface area contributed by atoms with Crippen molar-refractivity contribution in [1.29, 1.82) is 0 Å². The highest BCUT2D eigenvalue weighted by atomic mass is 32.1. The van der Waals surface area contributed by atoms with Crippen LogP contribution in [0.25, 0.3) is 0 Å². The molecule has 23 heavy (non-hydrogen) atoms. The van der Waals surface area contributed by atoms with Gasteiger partial charge in [0.05, 0.1) is 16.3 Å². The Kier molecular flexibility index (Phi) is 3.56. The molecule has 0 unspecified atom stereocenters. The number of carbonyl (C=O) groups excluding carboxylic acids is 3. The first-order chi connectivity index (χ1) is 10.8. The van der Waals surface area contributed by atoms with Crippen LogP contribution in [0.15, 0.2) is 35.7 Å². The van der Waals surface area contributed by atoms with Gasteiger partial charge < -0.3 is 5.32 Å². The third-order valence-corrected chi connectivity index (χ3v) is 4.85. The number of rotatable bonds is 2. The number of thiophene rings is 1. The minimum atomic E-state index is -1.02. The van der Waals surface area contributed by atoms with Crippen LogP contribution in [0.5, 0.6) is 0 Å². The lowest BCUT2D eigenvalue weighted by Crippen LogP contribution is -2.58. The Morgan fingerprint density at radius 2 is 1.91 bits per heavy atom. The smallest absolute Gasteiger partial charge is 0.269 e. The molecule has 6 heteroatoms. The van der Waals surface area contributed by atoms with Crippen LogP contribution in [0, 0.1) is 0 Å². The molecule has 0 saturated carbocycles. The second-order valence-electron chi connectivity index (χ2n) is 5.93. The molecule has 5 nitrogen and oxygen atoms in total. The summed E-state index contributed by atoms with van der Waals surface area (Å²) in [5.41, 5.74) is 0.741. The summed E-state index contributed by atoms with van der Waals surface area (Å²) in [5, 5.41) is 4.49. The molecule has 0 fully saturated rings. The molecule has 0 radical (unpaired) electrons. The Balaban J connectivity index is 2.09. The molecule has 1 aromatic heterocycles. The van der Waals surface area contributed by atoms with Gasteiger partial charge in [0.25, 0.3) is 5.91 Å². The average Bonchev–Trinajstić information content (AvgIpc) is 2.98. The molecule has 3 rings (SSSR count). The molecular formula is C17H16N2O3S. The number of hydrogen-bond donors (Lipinski definition) is 1. The lowest BCUT2D eigenvalue weighted by molar-refractivity contribution is -0.120. The topological polar surface area (TPSA) is 66.5 Å². The number of hydrogen-bond acceptors (Lipinski definition) is 4. The van der Waals surface area contributed by atoms with Gasteiger partial charge in [-0.3, -0.25) is 19.3 Å². The zero-order chi connectivity index (χ0) is 16.8. The fraction of sp³-hybridized carbons (Fsp3) is 0.235. The Morgan fingerprint density at radius 1 is 1.22 bits per heavy atom. The Morgan fingerprint density at radius 3 is 2.57 bits per heavy atom. The second kappa shape index (κ2) is 5.31. The zero-order valence-corrected chi connectivity index (χ0v) is 13.9. The predicted octanol–water partition coefficient (Wildman–Crippen LogP) is 3.33. The summed E-state index contributed by atoms with van der Waals surface area (Å²) in [6.45, 7) is 4.87. The van der Waals surface area contributed by atoms with Crippen molar-refractivity contribution in [2.75, 3.05) is 10.2 Å². The van der Waals surface area contributed by atoms with E-state index in [4.69, 9.17) is 0 Å². The zero-order valence-electron chi connectivity index (χ0n) is 13.0. The third-order valence-electron chi connectivity index (χ3n) is 3.93. The van der Waals surface area contributed by atoms with Gasteiger partial charge in [-0.15, -0.1) is 11.3 Å². The minimum absolute atomic E-state index is 0.0867. The summed E-state index contributed by atoms with van der Waals surface area (Å²) in [6.07, 6.45) is 0. The predicted molar refractivity (Wildman–Crippen MR) is 90.3 cm³/mol. The van der Waals surface area contributed by atoms with E-state index in [1.807, 2.05) is 6.07 Å². The van der Waals surface area contributed by atoms with Gasteiger partial charge in [0.15, 0.2) is 5.78 Å².